The summed E-state index contributed by atoms with van der Waals surface area (Å²) in [5.74, 6) is 0.633. The lowest BCUT2D eigenvalue weighted by Gasteiger charge is -2.36. The highest BCUT2D eigenvalue weighted by atomic mass is 16.4. The van der Waals surface area contributed by atoms with Crippen LogP contribution in [-0.2, 0) is 4.79 Å². The molecule has 0 aromatic carbocycles. The van der Waals surface area contributed by atoms with Gasteiger partial charge < -0.3 is 15.3 Å². The zero-order valence-electron chi connectivity index (χ0n) is 11.6. The minimum absolute atomic E-state index is 0.306. The molecule has 3 atom stereocenters. The standard InChI is InChI=1S/C14H26N2O2/c1-10(2)16-5-3-4-11(9-16)6-12-7-13(14(17)18)15-8-12/h10-13,15H,3-9H2,1-2H3,(H,17,18). The molecule has 0 aromatic heterocycles. The van der Waals surface area contributed by atoms with Gasteiger partial charge >= 0.3 is 5.97 Å². The maximum absolute atomic E-state index is 10.9. The molecule has 2 saturated heterocycles. The van der Waals surface area contributed by atoms with E-state index in [0.29, 0.717) is 12.0 Å². The van der Waals surface area contributed by atoms with Crippen molar-refractivity contribution in [3.8, 4) is 0 Å². The van der Waals surface area contributed by atoms with E-state index in [1.165, 1.54) is 32.4 Å². The molecular weight excluding hydrogens is 228 g/mol. The van der Waals surface area contributed by atoms with Crippen LogP contribution in [0.4, 0.5) is 0 Å². The molecule has 4 heteroatoms. The first kappa shape index (κ1) is 13.8. The number of aliphatic carboxylic acids is 1. The van der Waals surface area contributed by atoms with Crippen LogP contribution in [-0.4, -0.2) is 47.7 Å². The second-order valence-electron chi connectivity index (χ2n) is 6.23. The Kier molecular flexibility index (Phi) is 4.62. The van der Waals surface area contributed by atoms with Crippen molar-refractivity contribution in [3.63, 3.8) is 0 Å². The number of rotatable bonds is 4. The van der Waals surface area contributed by atoms with Crippen LogP contribution in [0.25, 0.3) is 0 Å². The Morgan fingerprint density at radius 1 is 1.44 bits per heavy atom. The molecule has 2 fully saturated rings. The summed E-state index contributed by atoms with van der Waals surface area (Å²) in [6, 6.07) is 0.334. The number of piperidine rings is 1. The van der Waals surface area contributed by atoms with Crippen LogP contribution >= 0.6 is 0 Å². The van der Waals surface area contributed by atoms with Crippen LogP contribution < -0.4 is 5.32 Å². The van der Waals surface area contributed by atoms with E-state index in [1.807, 2.05) is 0 Å². The normalized spacial score (nSPS) is 34.1. The summed E-state index contributed by atoms with van der Waals surface area (Å²) in [5.41, 5.74) is 0. The van der Waals surface area contributed by atoms with Crippen LogP contribution in [0.2, 0.25) is 0 Å². The van der Waals surface area contributed by atoms with Crippen molar-refractivity contribution in [2.24, 2.45) is 11.8 Å². The van der Waals surface area contributed by atoms with E-state index in [4.69, 9.17) is 5.11 Å². The van der Waals surface area contributed by atoms with Crippen molar-refractivity contribution in [2.75, 3.05) is 19.6 Å². The molecule has 0 bridgehead atoms. The monoisotopic (exact) mass is 254 g/mol. The number of carbonyl (C=O) groups is 1. The summed E-state index contributed by atoms with van der Waals surface area (Å²) in [7, 11) is 0. The molecule has 4 nitrogen and oxygen atoms in total. The summed E-state index contributed by atoms with van der Waals surface area (Å²) < 4.78 is 0. The molecule has 18 heavy (non-hydrogen) atoms. The molecule has 2 heterocycles. The number of carboxylic acid groups (broad SMARTS) is 1. The average molecular weight is 254 g/mol. The fourth-order valence-electron chi connectivity index (χ4n) is 3.41. The molecule has 2 aliphatic rings. The Labute approximate surface area is 110 Å². The number of nitrogens with one attached hydrogen (secondary N) is 1. The van der Waals surface area contributed by atoms with Crippen LogP contribution in [0.1, 0.15) is 39.5 Å². The van der Waals surface area contributed by atoms with E-state index in [0.717, 1.165) is 18.9 Å². The van der Waals surface area contributed by atoms with Crippen molar-refractivity contribution in [1.29, 1.82) is 0 Å². The highest BCUT2D eigenvalue weighted by molar-refractivity contribution is 5.73. The SMILES string of the molecule is CC(C)N1CCCC(CC2CNC(C(=O)O)C2)C1. The zero-order valence-corrected chi connectivity index (χ0v) is 11.6. The van der Waals surface area contributed by atoms with Crippen LogP contribution in [0.5, 0.6) is 0 Å². The van der Waals surface area contributed by atoms with Gasteiger partial charge in [-0.05, 0) is 64.5 Å². The molecule has 0 amide bonds. The lowest BCUT2D eigenvalue weighted by atomic mass is 9.86. The first-order valence-corrected chi connectivity index (χ1v) is 7.26. The number of likely N-dealkylation sites (tertiary alicyclic amines) is 1. The Balaban J connectivity index is 1.78. The van der Waals surface area contributed by atoms with Gasteiger partial charge in [-0.3, -0.25) is 4.79 Å². The van der Waals surface area contributed by atoms with E-state index in [1.54, 1.807) is 0 Å². The molecular formula is C14H26N2O2. The van der Waals surface area contributed by atoms with Crippen molar-refractivity contribution >= 4 is 5.97 Å². The predicted octanol–water partition coefficient (Wildman–Crippen LogP) is 1.56. The largest absolute Gasteiger partial charge is 0.480 e. The lowest BCUT2D eigenvalue weighted by Crippen LogP contribution is -2.40. The van der Waals surface area contributed by atoms with Crippen molar-refractivity contribution in [1.82, 2.24) is 10.2 Å². The summed E-state index contributed by atoms with van der Waals surface area (Å²) in [5, 5.41) is 12.1. The van der Waals surface area contributed by atoms with E-state index >= 15 is 0 Å². The number of carboxylic acids is 1. The van der Waals surface area contributed by atoms with Crippen molar-refractivity contribution < 1.29 is 9.90 Å². The van der Waals surface area contributed by atoms with Crippen LogP contribution in [0.3, 0.4) is 0 Å². The molecule has 2 aliphatic heterocycles. The van der Waals surface area contributed by atoms with E-state index in [9.17, 15) is 4.79 Å². The summed E-state index contributed by atoms with van der Waals surface area (Å²) in [4.78, 5) is 13.5. The Morgan fingerprint density at radius 3 is 2.83 bits per heavy atom. The van der Waals surface area contributed by atoms with Crippen molar-refractivity contribution in [2.45, 2.75) is 51.6 Å². The topological polar surface area (TPSA) is 52.6 Å². The minimum Gasteiger partial charge on any atom is -0.480 e. The summed E-state index contributed by atoms with van der Waals surface area (Å²) in [6.07, 6.45) is 4.62. The number of nitrogens with zero attached hydrogens (tertiary/aromatic N) is 1. The fourth-order valence-corrected chi connectivity index (χ4v) is 3.41. The molecule has 0 aromatic rings. The Morgan fingerprint density at radius 2 is 2.22 bits per heavy atom. The zero-order chi connectivity index (χ0) is 13.1. The van der Waals surface area contributed by atoms with Gasteiger partial charge in [0, 0.05) is 12.6 Å². The molecule has 0 saturated carbocycles. The van der Waals surface area contributed by atoms with Gasteiger partial charge in [-0.15, -0.1) is 0 Å². The maximum atomic E-state index is 10.9. The van der Waals surface area contributed by atoms with Crippen LogP contribution in [0, 0.1) is 11.8 Å². The van der Waals surface area contributed by atoms with Gasteiger partial charge in [0.1, 0.15) is 6.04 Å². The molecule has 3 unspecified atom stereocenters. The predicted molar refractivity (Wildman–Crippen MR) is 71.6 cm³/mol. The first-order valence-electron chi connectivity index (χ1n) is 7.26. The molecule has 0 aliphatic carbocycles. The average Bonchev–Trinajstić information content (AvgIpc) is 2.78. The third-order valence-corrected chi connectivity index (χ3v) is 4.47. The smallest absolute Gasteiger partial charge is 0.320 e. The van der Waals surface area contributed by atoms with Gasteiger partial charge in [-0.25, -0.2) is 0 Å². The lowest BCUT2D eigenvalue weighted by molar-refractivity contribution is -0.139. The van der Waals surface area contributed by atoms with Gasteiger partial charge in [0.05, 0.1) is 0 Å². The third kappa shape index (κ3) is 3.45. The Hall–Kier alpha value is -0.610. The maximum Gasteiger partial charge on any atom is 0.320 e. The van der Waals surface area contributed by atoms with Gasteiger partial charge in [0.2, 0.25) is 0 Å². The summed E-state index contributed by atoms with van der Waals surface area (Å²) in [6.45, 7) is 7.84. The van der Waals surface area contributed by atoms with E-state index < -0.39 is 5.97 Å². The number of hydrogen-bond acceptors (Lipinski definition) is 3. The second kappa shape index (κ2) is 6.02. The highest BCUT2D eigenvalue weighted by Gasteiger charge is 2.32. The third-order valence-electron chi connectivity index (χ3n) is 4.47. The molecule has 104 valence electrons. The molecule has 0 radical (unpaired) electrons. The molecule has 0 spiro atoms. The molecule has 2 N–H and O–H groups in total. The van der Waals surface area contributed by atoms with Gasteiger partial charge in [0.25, 0.3) is 0 Å². The highest BCUT2D eigenvalue weighted by Crippen LogP contribution is 2.28. The van der Waals surface area contributed by atoms with Gasteiger partial charge in [-0.1, -0.05) is 0 Å². The quantitative estimate of drug-likeness (QED) is 0.799. The van der Waals surface area contributed by atoms with Gasteiger partial charge in [0.15, 0.2) is 0 Å². The van der Waals surface area contributed by atoms with Crippen LogP contribution in [0.15, 0.2) is 0 Å². The van der Waals surface area contributed by atoms with E-state index in [2.05, 4.69) is 24.1 Å². The minimum atomic E-state index is -0.690. The van der Waals surface area contributed by atoms with Crippen molar-refractivity contribution in [3.05, 3.63) is 0 Å². The fraction of sp³-hybridized carbons (Fsp3) is 0.929. The van der Waals surface area contributed by atoms with E-state index in [-0.39, 0.29) is 6.04 Å². The Bertz CT molecular complexity index is 294. The van der Waals surface area contributed by atoms with Gasteiger partial charge in [-0.2, -0.15) is 0 Å². The summed E-state index contributed by atoms with van der Waals surface area (Å²) >= 11 is 0. The number of hydrogen-bond donors (Lipinski definition) is 2. The molecule has 2 rings (SSSR count). The second-order valence-corrected chi connectivity index (χ2v) is 6.23. The first-order chi connectivity index (χ1) is 8.56.